The Bertz CT molecular complexity index is 5020. The summed E-state index contributed by atoms with van der Waals surface area (Å²) in [6.07, 6.45) is -0.0360. The predicted molar refractivity (Wildman–Crippen MR) is 438 cm³/mol. The number of ketones is 1. The molecule has 5 N–H and O–H groups in total. The third-order valence-electron chi connectivity index (χ3n) is 17.3. The number of nitrogens with two attached hydrogens (primary N) is 1. The summed E-state index contributed by atoms with van der Waals surface area (Å²) >= 11 is 11.3. The number of amides is 5. The van der Waals surface area contributed by atoms with E-state index in [9.17, 15) is 28.8 Å². The molecule has 15 rings (SSSR count). The number of fused-ring (bicyclic) bond motifs is 7. The number of benzene rings is 4. The van der Waals surface area contributed by atoms with Crippen molar-refractivity contribution in [1.82, 2.24) is 40.0 Å². The topological polar surface area (TPSA) is 277 Å². The number of likely N-dealkylation sites (tertiary alicyclic amines) is 1. The minimum Gasteiger partial charge on any atom is -0.444 e. The summed E-state index contributed by atoms with van der Waals surface area (Å²) < 4.78 is 21.0. The van der Waals surface area contributed by atoms with E-state index in [0.717, 1.165) is 111 Å². The molecule has 0 aliphatic carbocycles. The molecule has 4 atom stereocenters. The van der Waals surface area contributed by atoms with E-state index in [1.807, 2.05) is 148 Å². The molecule has 0 spiro atoms. The number of rotatable bonds is 6. The van der Waals surface area contributed by atoms with Crippen LogP contribution in [-0.4, -0.2) is 120 Å². The van der Waals surface area contributed by atoms with Gasteiger partial charge in [0.15, 0.2) is 0 Å². The maximum atomic E-state index is 12.7. The van der Waals surface area contributed by atoms with E-state index in [4.69, 9.17) is 40.2 Å². The SMILES string of the molecule is CC(=O)Nc1sc2c(c1-c1nc3ccccc3s1)C(C)CN(C(=O)OC(C)(C)C)C2.CC(=O)Nc1sc2c(c1-c1nc3ccccc3s1)C(C)CNC2.CC1CN(C(=O)OC(C)(C)C)CCC1=O.CC1CN(C(=O)OC(C)(C)C)Cc2sc(N)c(-c3nc4ccccc4s3)c21.N#CCc1nc2ccccc2s1. The lowest BCUT2D eigenvalue weighted by molar-refractivity contribution is -0.125. The number of hydrogen-bond donors (Lipinski definition) is 4. The third kappa shape index (κ3) is 19.6. The van der Waals surface area contributed by atoms with Crippen molar-refractivity contribution >= 4 is 171 Å². The first-order valence-electron chi connectivity index (χ1n) is 35.4. The second-order valence-corrected chi connectivity index (χ2v) is 37.4. The van der Waals surface area contributed by atoms with Crippen LogP contribution < -0.4 is 21.7 Å². The second kappa shape index (κ2) is 33.4. The standard InChI is InChI=1S/C22H25N3O3S2.C20H23N3O2S2.C17H17N3OS2.C11H19NO3.C9H6N2S/c1-12-10-25(21(27)28-22(3,4)5)11-16-17(12)18(19(30-16)23-13(2)26)20-24-14-8-6-7-9-15(14)29-20;1-11-9-23(19(24)25-20(2,3)4)10-14-15(11)16(17(21)26-14)18-22-12-7-5-6-8-13(12)27-18;1-9-7-18-8-13-14(9)15(16(23-13)19-10(2)21)17-20-11-5-3-4-6-12(11)22-17;1-8-7-12(6-5-9(8)13)10(14)15-11(2,3)4;10-6-5-9-11-7-3-1-2-4-8(7)12-9/h6-9,12H,10-11H2,1-5H3,(H,23,26);5-8,11H,9-10,21H2,1-4H3;3-6,9,18H,7-8H2,1-2H3,(H,19,21);8H,5-7H2,1-4H3;1-4H,5H2. The minimum atomic E-state index is -0.538. The van der Waals surface area contributed by atoms with Crippen molar-refractivity contribution in [3.8, 4) is 37.8 Å². The molecule has 4 aliphatic rings. The summed E-state index contributed by atoms with van der Waals surface area (Å²) in [5.74, 6) is 0.707. The van der Waals surface area contributed by atoms with Crippen LogP contribution in [0, 0.1) is 17.2 Å². The second-order valence-electron chi connectivity index (χ2n) is 29.8. The quantitative estimate of drug-likeness (QED) is 0.113. The van der Waals surface area contributed by atoms with E-state index in [0.29, 0.717) is 58.0 Å². The van der Waals surface area contributed by atoms with Crippen LogP contribution in [0.3, 0.4) is 0 Å². The van der Waals surface area contributed by atoms with E-state index >= 15 is 0 Å². The van der Waals surface area contributed by atoms with Crippen molar-refractivity contribution in [2.45, 2.75) is 171 Å². The molecule has 4 aliphatic heterocycles. The van der Waals surface area contributed by atoms with Gasteiger partial charge in [0.05, 0.1) is 71.4 Å². The van der Waals surface area contributed by atoms with E-state index in [1.165, 1.54) is 44.5 Å². The van der Waals surface area contributed by atoms with Gasteiger partial charge < -0.3 is 50.6 Å². The summed E-state index contributed by atoms with van der Waals surface area (Å²) in [5, 5.41) is 24.2. The van der Waals surface area contributed by atoms with Crippen LogP contribution in [0.2, 0.25) is 0 Å². The number of carbonyl (C=O) groups is 6. The van der Waals surface area contributed by atoms with Crippen molar-refractivity contribution in [1.29, 1.82) is 5.26 Å². The number of ether oxygens (including phenoxy) is 3. The van der Waals surface area contributed by atoms with Gasteiger partial charge in [-0.1, -0.05) is 76.2 Å². The van der Waals surface area contributed by atoms with Crippen LogP contribution in [0.4, 0.5) is 29.4 Å². The number of aromatic nitrogens is 4. The number of anilines is 3. The lowest BCUT2D eigenvalue weighted by Gasteiger charge is -2.33. The van der Waals surface area contributed by atoms with Crippen LogP contribution in [0.25, 0.3) is 72.6 Å². The van der Waals surface area contributed by atoms with Crippen LogP contribution in [0.1, 0.15) is 164 Å². The summed E-state index contributed by atoms with van der Waals surface area (Å²) in [6, 6.07) is 34.4. The van der Waals surface area contributed by atoms with Gasteiger partial charge in [0, 0.05) is 109 Å². The number of carbonyl (C=O) groups excluding carboxylic acids is 6. The van der Waals surface area contributed by atoms with Crippen molar-refractivity contribution < 1.29 is 43.0 Å². The molecule has 1 fully saturated rings. The maximum absolute atomic E-state index is 12.7. The first kappa shape index (κ1) is 79.3. The fourth-order valence-electron chi connectivity index (χ4n) is 12.8. The van der Waals surface area contributed by atoms with E-state index < -0.39 is 16.8 Å². The number of Topliss-reactive ketones (excluding diaryl/α,β-unsaturated/α-hetero) is 1. The number of piperidine rings is 1. The van der Waals surface area contributed by atoms with Crippen LogP contribution in [-0.2, 0) is 54.6 Å². The van der Waals surface area contributed by atoms with E-state index in [1.54, 1.807) is 89.6 Å². The molecule has 7 aromatic heterocycles. The highest BCUT2D eigenvalue weighted by Gasteiger charge is 2.38. The maximum Gasteiger partial charge on any atom is 0.410 e. The predicted octanol–water partition coefficient (Wildman–Crippen LogP) is 19.7. The Morgan fingerprint density at radius 3 is 1.30 bits per heavy atom. The van der Waals surface area contributed by atoms with Crippen molar-refractivity contribution in [3.63, 3.8) is 0 Å². The number of nitrogens with one attached hydrogen (secondary N) is 3. The zero-order chi connectivity index (χ0) is 77.0. The van der Waals surface area contributed by atoms with Crippen LogP contribution >= 0.6 is 79.4 Å². The Kier molecular flexibility index (Phi) is 24.7. The van der Waals surface area contributed by atoms with Crippen LogP contribution in [0.5, 0.6) is 0 Å². The van der Waals surface area contributed by atoms with E-state index in [-0.39, 0.29) is 53.6 Å². The Hall–Kier alpha value is -8.79. The molecule has 0 bridgehead atoms. The molecule has 562 valence electrons. The summed E-state index contributed by atoms with van der Waals surface area (Å²) in [4.78, 5) is 99.0. The molecule has 5 amide bonds. The van der Waals surface area contributed by atoms with Gasteiger partial charge >= 0.3 is 18.3 Å². The van der Waals surface area contributed by atoms with Crippen molar-refractivity contribution in [3.05, 3.63) is 133 Å². The normalized spacial score (nSPS) is 17.0. The van der Waals surface area contributed by atoms with Gasteiger partial charge in [0.2, 0.25) is 11.8 Å². The molecule has 0 saturated carbocycles. The smallest absolute Gasteiger partial charge is 0.410 e. The number of hydrogen-bond acceptors (Lipinski definition) is 23. The lowest BCUT2D eigenvalue weighted by atomic mass is 9.93. The molecule has 11 aromatic rings. The molecule has 107 heavy (non-hydrogen) atoms. The van der Waals surface area contributed by atoms with Gasteiger partial charge in [0.25, 0.3) is 0 Å². The zero-order valence-electron chi connectivity index (χ0n) is 62.8. The van der Waals surface area contributed by atoms with Crippen LogP contribution in [0.15, 0.2) is 97.1 Å². The molecular weight excluding hydrogens is 1490 g/mol. The average Bonchev–Trinajstić information content (AvgIpc) is 1.62. The molecule has 4 aromatic carbocycles. The zero-order valence-corrected chi connectivity index (χ0v) is 68.5. The third-order valence-corrected chi connectivity index (χ3v) is 24.7. The highest BCUT2D eigenvalue weighted by atomic mass is 32.1. The van der Waals surface area contributed by atoms with Gasteiger partial charge in [0.1, 0.15) is 52.6 Å². The fourth-order valence-corrected chi connectivity index (χ4v) is 21.0. The molecule has 11 heterocycles. The molecule has 28 heteroatoms. The first-order chi connectivity index (χ1) is 50.7. The molecule has 4 unspecified atom stereocenters. The van der Waals surface area contributed by atoms with Gasteiger partial charge in [-0.3, -0.25) is 14.4 Å². The summed E-state index contributed by atoms with van der Waals surface area (Å²) in [7, 11) is 0. The van der Waals surface area contributed by atoms with Gasteiger partial charge in [-0.05, 0) is 133 Å². The molecule has 0 radical (unpaired) electrons. The highest BCUT2D eigenvalue weighted by Crippen LogP contribution is 2.51. The van der Waals surface area contributed by atoms with Crippen molar-refractivity contribution in [2.75, 3.05) is 49.1 Å². The summed E-state index contributed by atoms with van der Waals surface area (Å²) in [5.41, 5.74) is 15.8. The largest absolute Gasteiger partial charge is 0.444 e. The lowest BCUT2D eigenvalue weighted by Crippen LogP contribution is -2.45. The fraction of sp³-hybridized carbons (Fsp3) is 0.405. The minimum absolute atomic E-state index is 0.0356. The van der Waals surface area contributed by atoms with Gasteiger partial charge in [-0.15, -0.1) is 79.4 Å². The molecular formula is C79H90N12O9S7. The molecule has 21 nitrogen and oxygen atoms in total. The number of nitriles is 1. The monoisotopic (exact) mass is 1570 g/mol. The summed E-state index contributed by atoms with van der Waals surface area (Å²) in [6.45, 7) is 33.1. The van der Waals surface area contributed by atoms with Gasteiger partial charge in [-0.25, -0.2) is 34.3 Å². The number of nitrogens with zero attached hydrogens (tertiary/aromatic N) is 8. The Morgan fingerprint density at radius 2 is 0.888 bits per heavy atom. The highest BCUT2D eigenvalue weighted by molar-refractivity contribution is 7.24. The molecule has 1 saturated heterocycles. The number of thiophene rings is 3. The Balaban J connectivity index is 0.000000138. The Labute approximate surface area is 651 Å². The number of thiazole rings is 4. The van der Waals surface area contributed by atoms with Crippen molar-refractivity contribution in [2.24, 2.45) is 5.92 Å². The Morgan fingerprint density at radius 1 is 0.514 bits per heavy atom. The van der Waals surface area contributed by atoms with E-state index in [2.05, 4.69) is 66.0 Å². The number of para-hydroxylation sites is 4. The number of nitrogen functional groups attached to an aromatic ring is 1. The van der Waals surface area contributed by atoms with Gasteiger partial charge in [-0.2, -0.15) is 5.26 Å². The average molecular weight is 1580 g/mol. The first-order valence-corrected chi connectivity index (χ1v) is 41.1.